The fourth-order valence-corrected chi connectivity index (χ4v) is 1.25. The lowest BCUT2D eigenvalue weighted by atomic mass is 10.3. The summed E-state index contributed by atoms with van der Waals surface area (Å²) < 4.78 is 17.9. The van der Waals surface area contributed by atoms with Crippen LogP contribution in [0, 0.1) is 5.82 Å². The molecule has 0 bridgehead atoms. The molecule has 0 spiro atoms. The molecular weight excluding hydrogens is 263 g/mol. The predicted molar refractivity (Wildman–Crippen MR) is 64.1 cm³/mol. The predicted octanol–water partition coefficient (Wildman–Crippen LogP) is 1.70. The smallest absolute Gasteiger partial charge is 0.321 e. The van der Waals surface area contributed by atoms with E-state index in [1.807, 2.05) is 0 Å². The second-order valence-electron chi connectivity index (χ2n) is 3.27. The molecule has 18 heavy (non-hydrogen) atoms. The number of ether oxygens (including phenoxy) is 1. The monoisotopic (exact) mass is 274 g/mol. The molecule has 0 heterocycles. The third-order valence-electron chi connectivity index (χ3n) is 1.85. The van der Waals surface area contributed by atoms with E-state index in [0.717, 1.165) is 6.07 Å². The normalized spacial score (nSPS) is 9.72. The number of amides is 3. The molecule has 5 nitrogen and oxygen atoms in total. The van der Waals surface area contributed by atoms with Crippen molar-refractivity contribution in [1.29, 1.82) is 0 Å². The van der Waals surface area contributed by atoms with E-state index >= 15 is 0 Å². The summed E-state index contributed by atoms with van der Waals surface area (Å²) in [5, 5.41) is 4.35. The molecule has 0 atom stereocenters. The van der Waals surface area contributed by atoms with Gasteiger partial charge in [-0.05, 0) is 19.1 Å². The Kier molecular flexibility index (Phi) is 5.38. The van der Waals surface area contributed by atoms with Crippen molar-refractivity contribution in [3.63, 3.8) is 0 Å². The van der Waals surface area contributed by atoms with Crippen LogP contribution in [-0.4, -0.2) is 25.1 Å². The van der Waals surface area contributed by atoms with E-state index in [2.05, 4.69) is 10.6 Å². The minimum absolute atomic E-state index is 0.100. The van der Waals surface area contributed by atoms with Crippen LogP contribution in [0.1, 0.15) is 6.92 Å². The highest BCUT2D eigenvalue weighted by atomic mass is 35.5. The lowest BCUT2D eigenvalue weighted by molar-refractivity contribution is -0.122. The molecule has 0 aliphatic carbocycles. The van der Waals surface area contributed by atoms with Crippen LogP contribution in [0.4, 0.5) is 9.18 Å². The topological polar surface area (TPSA) is 67.4 Å². The SMILES string of the molecule is CCNC(=O)NC(=O)COc1ccc(F)c(Cl)c1. The van der Waals surface area contributed by atoms with Gasteiger partial charge >= 0.3 is 6.03 Å². The van der Waals surface area contributed by atoms with E-state index in [1.54, 1.807) is 6.92 Å². The molecule has 1 aromatic rings. The highest BCUT2D eigenvalue weighted by Gasteiger charge is 2.08. The zero-order valence-corrected chi connectivity index (χ0v) is 10.4. The van der Waals surface area contributed by atoms with Crippen LogP contribution < -0.4 is 15.4 Å². The quantitative estimate of drug-likeness (QED) is 0.878. The van der Waals surface area contributed by atoms with E-state index in [1.165, 1.54) is 12.1 Å². The van der Waals surface area contributed by atoms with Gasteiger partial charge in [0.2, 0.25) is 0 Å². The van der Waals surface area contributed by atoms with Gasteiger partial charge in [-0.1, -0.05) is 11.6 Å². The zero-order chi connectivity index (χ0) is 13.5. The molecule has 0 unspecified atom stereocenters. The summed E-state index contributed by atoms with van der Waals surface area (Å²) >= 11 is 5.54. The minimum Gasteiger partial charge on any atom is -0.484 e. The molecule has 0 saturated heterocycles. The van der Waals surface area contributed by atoms with E-state index in [0.29, 0.717) is 6.54 Å². The number of rotatable bonds is 4. The number of halogens is 2. The summed E-state index contributed by atoms with van der Waals surface area (Å²) in [6.45, 7) is 1.77. The molecular formula is C11H12ClFN2O3. The minimum atomic E-state index is -0.610. The van der Waals surface area contributed by atoms with Crippen molar-refractivity contribution in [2.24, 2.45) is 0 Å². The first kappa shape index (κ1) is 14.2. The summed E-state index contributed by atoms with van der Waals surface area (Å²) in [5.74, 6) is -0.940. The number of hydrogen-bond acceptors (Lipinski definition) is 3. The van der Waals surface area contributed by atoms with Gasteiger partial charge in [-0.2, -0.15) is 0 Å². The number of nitrogens with one attached hydrogen (secondary N) is 2. The molecule has 1 rings (SSSR count). The Morgan fingerprint density at radius 2 is 2.17 bits per heavy atom. The Morgan fingerprint density at radius 3 is 2.78 bits per heavy atom. The van der Waals surface area contributed by atoms with Gasteiger partial charge in [0.1, 0.15) is 11.6 Å². The fraction of sp³-hybridized carbons (Fsp3) is 0.273. The first-order valence-corrected chi connectivity index (χ1v) is 5.56. The molecule has 98 valence electrons. The maximum Gasteiger partial charge on any atom is 0.321 e. The van der Waals surface area contributed by atoms with Gasteiger partial charge in [-0.3, -0.25) is 10.1 Å². The molecule has 3 amide bonds. The average molecular weight is 275 g/mol. The number of carbonyl (C=O) groups is 2. The van der Waals surface area contributed by atoms with Crippen molar-refractivity contribution in [3.05, 3.63) is 29.0 Å². The van der Waals surface area contributed by atoms with Crippen LogP contribution >= 0.6 is 11.6 Å². The van der Waals surface area contributed by atoms with Crippen LogP contribution in [0.25, 0.3) is 0 Å². The largest absolute Gasteiger partial charge is 0.484 e. The molecule has 7 heteroatoms. The Balaban J connectivity index is 2.42. The summed E-state index contributed by atoms with van der Waals surface area (Å²) in [6.07, 6.45) is 0. The summed E-state index contributed by atoms with van der Waals surface area (Å²) in [7, 11) is 0. The molecule has 0 radical (unpaired) electrons. The van der Waals surface area contributed by atoms with Gasteiger partial charge in [-0.15, -0.1) is 0 Å². The van der Waals surface area contributed by atoms with Crippen molar-refractivity contribution in [2.75, 3.05) is 13.2 Å². The first-order valence-electron chi connectivity index (χ1n) is 5.18. The first-order chi connectivity index (χ1) is 8.52. The molecule has 0 saturated carbocycles. The standard InChI is InChI=1S/C11H12ClFN2O3/c1-2-14-11(17)15-10(16)6-18-7-3-4-9(13)8(12)5-7/h3-5H,2,6H2,1H3,(H2,14,15,16,17). The number of benzene rings is 1. The second kappa shape index (κ2) is 6.80. The summed E-state index contributed by atoms with van der Waals surface area (Å²) in [6, 6.07) is 3.11. The third-order valence-corrected chi connectivity index (χ3v) is 2.14. The van der Waals surface area contributed by atoms with E-state index < -0.39 is 17.8 Å². The summed E-state index contributed by atoms with van der Waals surface area (Å²) in [5.41, 5.74) is 0. The maximum atomic E-state index is 12.8. The van der Waals surface area contributed by atoms with Gasteiger partial charge in [0.15, 0.2) is 6.61 Å². The Bertz CT molecular complexity index is 454. The highest BCUT2D eigenvalue weighted by molar-refractivity contribution is 6.30. The van der Waals surface area contributed by atoms with Crippen molar-refractivity contribution in [1.82, 2.24) is 10.6 Å². The lowest BCUT2D eigenvalue weighted by Crippen LogP contribution is -2.41. The van der Waals surface area contributed by atoms with E-state index in [4.69, 9.17) is 16.3 Å². The van der Waals surface area contributed by atoms with Gasteiger partial charge in [-0.25, -0.2) is 9.18 Å². The Labute approximate surface area is 108 Å². The van der Waals surface area contributed by atoms with Crippen molar-refractivity contribution in [3.8, 4) is 5.75 Å². The van der Waals surface area contributed by atoms with Crippen molar-refractivity contribution < 1.29 is 18.7 Å². The average Bonchev–Trinajstić information content (AvgIpc) is 2.31. The lowest BCUT2D eigenvalue weighted by Gasteiger charge is -2.07. The van der Waals surface area contributed by atoms with Gasteiger partial charge in [0.05, 0.1) is 5.02 Å². The molecule has 0 aliphatic heterocycles. The molecule has 1 aromatic carbocycles. The van der Waals surface area contributed by atoms with E-state index in [-0.39, 0.29) is 17.4 Å². The zero-order valence-electron chi connectivity index (χ0n) is 9.63. The third kappa shape index (κ3) is 4.58. The van der Waals surface area contributed by atoms with Crippen LogP contribution in [0.15, 0.2) is 18.2 Å². The summed E-state index contributed by atoms with van der Waals surface area (Å²) in [4.78, 5) is 22.2. The molecule has 0 aliphatic rings. The highest BCUT2D eigenvalue weighted by Crippen LogP contribution is 2.20. The van der Waals surface area contributed by atoms with Crippen molar-refractivity contribution >= 4 is 23.5 Å². The molecule has 0 fully saturated rings. The second-order valence-corrected chi connectivity index (χ2v) is 3.68. The van der Waals surface area contributed by atoms with E-state index in [9.17, 15) is 14.0 Å². The molecule has 2 N–H and O–H groups in total. The van der Waals surface area contributed by atoms with Gasteiger partial charge < -0.3 is 10.1 Å². The Morgan fingerprint density at radius 1 is 1.44 bits per heavy atom. The van der Waals surface area contributed by atoms with Gasteiger partial charge in [0, 0.05) is 12.6 Å². The number of urea groups is 1. The van der Waals surface area contributed by atoms with Crippen molar-refractivity contribution in [2.45, 2.75) is 6.92 Å². The fourth-order valence-electron chi connectivity index (χ4n) is 1.08. The van der Waals surface area contributed by atoms with Crippen LogP contribution in [0.3, 0.4) is 0 Å². The van der Waals surface area contributed by atoms with Crippen LogP contribution in [-0.2, 0) is 4.79 Å². The van der Waals surface area contributed by atoms with Crippen LogP contribution in [0.2, 0.25) is 5.02 Å². The Hall–Kier alpha value is -1.82. The van der Waals surface area contributed by atoms with Gasteiger partial charge in [0.25, 0.3) is 5.91 Å². The number of hydrogen-bond donors (Lipinski definition) is 2. The molecule has 0 aromatic heterocycles. The number of carbonyl (C=O) groups excluding carboxylic acids is 2. The van der Waals surface area contributed by atoms with Crippen LogP contribution in [0.5, 0.6) is 5.75 Å². The maximum absolute atomic E-state index is 12.8. The number of imide groups is 1.